The molecule has 7 nitrogen and oxygen atoms in total. The molecule has 0 aromatic heterocycles. The number of rotatable bonds is 9. The van der Waals surface area contributed by atoms with Crippen molar-refractivity contribution in [1.82, 2.24) is 10.6 Å². The van der Waals surface area contributed by atoms with Gasteiger partial charge in [-0.2, -0.15) is 13.2 Å². The van der Waals surface area contributed by atoms with E-state index in [4.69, 9.17) is 4.74 Å². The van der Waals surface area contributed by atoms with E-state index in [-0.39, 0.29) is 12.5 Å². The lowest BCUT2D eigenvalue weighted by Gasteiger charge is -2.24. The van der Waals surface area contributed by atoms with Gasteiger partial charge >= 0.3 is 18.2 Å². The standard InChI is InChI=1S/C25H27F3N2O5/c1-3-14(2)22(23(32)33)30-21(31)12-20(25(26,27)28)29-24(34)35-13-19-17-10-6-4-8-15(17)16-9-5-7-11-18(16)19/h4-11,14,19-20,22H,3,12-13H2,1-2H3,(H,29,34)(H,30,31)(H,32,33). The number of ether oxygens (including phenoxy) is 1. The highest BCUT2D eigenvalue weighted by molar-refractivity contribution is 5.84. The maximum absolute atomic E-state index is 13.5. The summed E-state index contributed by atoms with van der Waals surface area (Å²) in [5, 5.41) is 13.1. The predicted molar refractivity (Wildman–Crippen MR) is 122 cm³/mol. The smallest absolute Gasteiger partial charge is 0.409 e. The van der Waals surface area contributed by atoms with E-state index < -0.39 is 48.6 Å². The molecule has 0 saturated carbocycles. The topological polar surface area (TPSA) is 105 Å². The summed E-state index contributed by atoms with van der Waals surface area (Å²) in [5.41, 5.74) is 3.74. The summed E-state index contributed by atoms with van der Waals surface area (Å²) in [7, 11) is 0. The first-order valence-corrected chi connectivity index (χ1v) is 11.2. The number of alkyl halides is 3. The minimum Gasteiger partial charge on any atom is -0.480 e. The minimum atomic E-state index is -4.95. The molecular weight excluding hydrogens is 465 g/mol. The second-order valence-electron chi connectivity index (χ2n) is 8.54. The van der Waals surface area contributed by atoms with Gasteiger partial charge in [-0.3, -0.25) is 4.79 Å². The van der Waals surface area contributed by atoms with Gasteiger partial charge in [0.05, 0.1) is 6.42 Å². The fraction of sp³-hybridized carbons (Fsp3) is 0.400. The van der Waals surface area contributed by atoms with Crippen LogP contribution in [0.25, 0.3) is 11.1 Å². The van der Waals surface area contributed by atoms with E-state index in [2.05, 4.69) is 5.32 Å². The van der Waals surface area contributed by atoms with E-state index in [0.29, 0.717) is 6.42 Å². The monoisotopic (exact) mass is 492 g/mol. The molecule has 35 heavy (non-hydrogen) atoms. The third-order valence-corrected chi connectivity index (χ3v) is 6.22. The van der Waals surface area contributed by atoms with E-state index in [1.807, 2.05) is 48.5 Å². The summed E-state index contributed by atoms with van der Waals surface area (Å²) >= 11 is 0. The Balaban J connectivity index is 1.65. The van der Waals surface area contributed by atoms with Crippen LogP contribution in [-0.4, -0.2) is 47.9 Å². The van der Waals surface area contributed by atoms with E-state index in [9.17, 15) is 32.7 Å². The average molecular weight is 492 g/mol. The number of carbonyl (C=O) groups excluding carboxylic acids is 2. The van der Waals surface area contributed by atoms with Gasteiger partial charge in [-0.25, -0.2) is 9.59 Å². The van der Waals surface area contributed by atoms with Gasteiger partial charge in [0.1, 0.15) is 18.7 Å². The first-order valence-electron chi connectivity index (χ1n) is 11.2. The van der Waals surface area contributed by atoms with Crippen molar-refractivity contribution < 1.29 is 37.4 Å². The van der Waals surface area contributed by atoms with Crippen molar-refractivity contribution in [1.29, 1.82) is 0 Å². The third-order valence-electron chi connectivity index (χ3n) is 6.22. The summed E-state index contributed by atoms with van der Waals surface area (Å²) in [6.45, 7) is 3.07. The highest BCUT2D eigenvalue weighted by Crippen LogP contribution is 2.44. The Hall–Kier alpha value is -3.56. The number of carbonyl (C=O) groups is 3. The summed E-state index contributed by atoms with van der Waals surface area (Å²) in [6.07, 6.45) is -7.04. The minimum absolute atomic E-state index is 0.189. The SMILES string of the molecule is CCC(C)C(NC(=O)CC(NC(=O)OCC1c2ccccc2-c2ccccc21)C(F)(F)F)C(=O)O. The van der Waals surface area contributed by atoms with Crippen LogP contribution in [-0.2, 0) is 14.3 Å². The fourth-order valence-electron chi connectivity index (χ4n) is 4.13. The van der Waals surface area contributed by atoms with Crippen LogP contribution < -0.4 is 10.6 Å². The van der Waals surface area contributed by atoms with Crippen LogP contribution in [0.3, 0.4) is 0 Å². The number of carboxylic acids is 1. The van der Waals surface area contributed by atoms with Gasteiger partial charge in [-0.1, -0.05) is 68.8 Å². The number of fused-ring (bicyclic) bond motifs is 3. The van der Waals surface area contributed by atoms with Crippen molar-refractivity contribution in [2.45, 2.75) is 50.9 Å². The van der Waals surface area contributed by atoms with Crippen LogP contribution in [0.15, 0.2) is 48.5 Å². The molecule has 188 valence electrons. The van der Waals surface area contributed by atoms with Crippen molar-refractivity contribution in [3.63, 3.8) is 0 Å². The lowest BCUT2D eigenvalue weighted by molar-refractivity contribution is -0.161. The average Bonchev–Trinajstić information content (AvgIpc) is 3.13. The molecule has 0 fully saturated rings. The molecule has 0 heterocycles. The normalized spacial score (nSPS) is 15.3. The molecular formula is C25H27F3N2O5. The molecule has 3 rings (SSSR count). The molecule has 3 N–H and O–H groups in total. The highest BCUT2D eigenvalue weighted by Gasteiger charge is 2.43. The zero-order valence-corrected chi connectivity index (χ0v) is 19.3. The third kappa shape index (κ3) is 6.12. The van der Waals surface area contributed by atoms with Gasteiger partial charge in [0.2, 0.25) is 5.91 Å². The van der Waals surface area contributed by atoms with Gasteiger partial charge in [0.15, 0.2) is 0 Å². The highest BCUT2D eigenvalue weighted by atomic mass is 19.4. The van der Waals surface area contributed by atoms with Crippen LogP contribution in [0.1, 0.15) is 43.7 Å². The van der Waals surface area contributed by atoms with Crippen LogP contribution in [0.5, 0.6) is 0 Å². The fourth-order valence-corrected chi connectivity index (χ4v) is 4.13. The largest absolute Gasteiger partial charge is 0.480 e. The number of hydrogen-bond donors (Lipinski definition) is 3. The number of benzene rings is 2. The van der Waals surface area contributed by atoms with Crippen LogP contribution in [0.4, 0.5) is 18.0 Å². The Bertz CT molecular complexity index is 1040. The summed E-state index contributed by atoms with van der Waals surface area (Å²) < 4.78 is 45.7. The summed E-state index contributed by atoms with van der Waals surface area (Å²) in [5.74, 6) is -3.32. The van der Waals surface area contributed by atoms with Gasteiger partial charge < -0.3 is 20.5 Å². The number of aliphatic carboxylic acids is 1. The first-order chi connectivity index (χ1) is 16.5. The van der Waals surface area contributed by atoms with E-state index in [1.165, 1.54) is 0 Å². The predicted octanol–water partition coefficient (Wildman–Crippen LogP) is 4.46. The van der Waals surface area contributed by atoms with E-state index >= 15 is 0 Å². The number of alkyl carbamates (subject to hydrolysis) is 1. The molecule has 1 aliphatic rings. The number of nitrogens with one attached hydrogen (secondary N) is 2. The Morgan fingerprint density at radius 1 is 1.00 bits per heavy atom. The van der Waals surface area contributed by atoms with Crippen molar-refractivity contribution in [3.05, 3.63) is 59.7 Å². The lowest BCUT2D eigenvalue weighted by atomic mass is 9.98. The molecule has 3 unspecified atom stereocenters. The molecule has 0 spiro atoms. The first kappa shape index (κ1) is 26.1. The molecule has 2 amide bonds. The van der Waals surface area contributed by atoms with Crippen molar-refractivity contribution >= 4 is 18.0 Å². The maximum Gasteiger partial charge on any atom is 0.409 e. The van der Waals surface area contributed by atoms with E-state index in [0.717, 1.165) is 22.3 Å². The lowest BCUT2D eigenvalue weighted by Crippen LogP contribution is -2.51. The van der Waals surface area contributed by atoms with Crippen molar-refractivity contribution in [3.8, 4) is 11.1 Å². The number of halogens is 3. The summed E-state index contributed by atoms with van der Waals surface area (Å²) in [6, 6.07) is 11.1. The van der Waals surface area contributed by atoms with Gasteiger partial charge in [-0.05, 0) is 28.2 Å². The van der Waals surface area contributed by atoms with Crippen molar-refractivity contribution in [2.24, 2.45) is 5.92 Å². The van der Waals surface area contributed by atoms with Crippen LogP contribution in [0.2, 0.25) is 0 Å². The Kier molecular flexibility index (Phi) is 8.03. The van der Waals surface area contributed by atoms with Gasteiger partial charge in [-0.15, -0.1) is 0 Å². The Morgan fingerprint density at radius 2 is 1.54 bits per heavy atom. The quantitative estimate of drug-likeness (QED) is 0.479. The molecule has 1 aliphatic carbocycles. The number of hydrogen-bond acceptors (Lipinski definition) is 4. The molecule has 0 aliphatic heterocycles. The molecule has 10 heteroatoms. The molecule has 3 atom stereocenters. The van der Waals surface area contributed by atoms with Gasteiger partial charge in [0.25, 0.3) is 0 Å². The number of amides is 2. The zero-order chi connectivity index (χ0) is 25.8. The zero-order valence-electron chi connectivity index (χ0n) is 19.3. The molecule has 2 aromatic rings. The number of carboxylic acid groups (broad SMARTS) is 1. The molecule has 0 radical (unpaired) electrons. The second kappa shape index (κ2) is 10.8. The van der Waals surface area contributed by atoms with Crippen LogP contribution >= 0.6 is 0 Å². The van der Waals surface area contributed by atoms with Crippen molar-refractivity contribution in [2.75, 3.05) is 6.61 Å². The van der Waals surface area contributed by atoms with E-state index in [1.54, 1.807) is 19.2 Å². The Morgan fingerprint density at radius 3 is 2.03 bits per heavy atom. The molecule has 0 saturated heterocycles. The Labute approximate surface area is 200 Å². The second-order valence-corrected chi connectivity index (χ2v) is 8.54. The summed E-state index contributed by atoms with van der Waals surface area (Å²) in [4.78, 5) is 35.8. The molecule has 0 bridgehead atoms. The molecule has 2 aromatic carbocycles. The van der Waals surface area contributed by atoms with Gasteiger partial charge in [0, 0.05) is 5.92 Å². The van der Waals surface area contributed by atoms with Crippen LogP contribution in [0, 0.1) is 5.92 Å². The maximum atomic E-state index is 13.5.